The van der Waals surface area contributed by atoms with Crippen LogP contribution in [0.25, 0.3) is 0 Å². The van der Waals surface area contributed by atoms with E-state index in [0.29, 0.717) is 0 Å². The fourth-order valence-corrected chi connectivity index (χ4v) is 0. The Morgan fingerprint density at radius 3 is 0.909 bits per heavy atom. The number of hydrogen-bond acceptors (Lipinski definition) is 2. The van der Waals surface area contributed by atoms with Crippen molar-refractivity contribution in [3.05, 3.63) is 0 Å². The summed E-state index contributed by atoms with van der Waals surface area (Å²) in [5, 5.41) is 0. The molecule has 0 amide bonds. The van der Waals surface area contributed by atoms with Gasteiger partial charge in [-0.25, -0.2) is 0 Å². The van der Waals surface area contributed by atoms with Gasteiger partial charge < -0.3 is 5.73 Å². The summed E-state index contributed by atoms with van der Waals surface area (Å²) in [7, 11) is 2.75. The quantitative estimate of drug-likeness (QED) is 0.522. The summed E-state index contributed by atoms with van der Waals surface area (Å²) in [4.78, 5) is 0. The monoisotopic (exact) mass is 302 g/mol. The Morgan fingerprint density at radius 2 is 0.909 bits per heavy atom. The molecule has 0 aromatic heterocycles. The van der Waals surface area contributed by atoms with Gasteiger partial charge in [0.25, 0.3) is 0 Å². The van der Waals surface area contributed by atoms with Crippen LogP contribution in [0.3, 0.4) is 0 Å². The first-order valence-corrected chi connectivity index (χ1v) is 1.92. The van der Waals surface area contributed by atoms with Crippen LogP contribution in [-0.2, 0) is 32.7 Å². The molecule has 0 fully saturated rings. The first-order chi connectivity index (χ1) is 3.00. The number of rotatable bonds is 0. The summed E-state index contributed by atoms with van der Waals surface area (Å²) < 4.78 is 5.75. The summed E-state index contributed by atoms with van der Waals surface area (Å²) in [5.41, 5.74) is 4.50. The van der Waals surface area contributed by atoms with Crippen LogP contribution in [0.5, 0.6) is 0 Å². The Labute approximate surface area is 114 Å². The molecule has 0 aliphatic carbocycles. The molecule has 0 aliphatic heterocycles. The van der Waals surface area contributed by atoms with Crippen molar-refractivity contribution in [1.82, 2.24) is 0 Å². The van der Waals surface area contributed by atoms with E-state index in [-0.39, 0.29) is 74.8 Å². The van der Waals surface area contributed by atoms with E-state index in [9.17, 15) is 0 Å². The molecule has 79 valence electrons. The summed E-state index contributed by atoms with van der Waals surface area (Å²) in [5.74, 6) is 0. The van der Waals surface area contributed by atoms with Crippen LogP contribution < -0.4 is 5.73 Å². The van der Waals surface area contributed by atoms with Gasteiger partial charge in [-0.1, -0.05) is 29.7 Å². The Hall–Kier alpha value is 2.27. The molecular weight excluding hydrogens is 269 g/mol. The maximum absolute atomic E-state index is 5.75. The van der Waals surface area contributed by atoms with Crippen LogP contribution in [0.2, 0.25) is 0 Å². The van der Waals surface area contributed by atoms with Crippen molar-refractivity contribution < 1.29 is 34.1 Å². The van der Waals surface area contributed by atoms with Gasteiger partial charge in [-0.05, 0) is 13.3 Å². The van der Waals surface area contributed by atoms with Crippen LogP contribution in [0, 0.1) is 0 Å². The summed E-state index contributed by atoms with van der Waals surface area (Å²) in [6.07, 6.45) is 1.69. The van der Waals surface area contributed by atoms with Gasteiger partial charge in [0, 0.05) is 34.1 Å². The van der Waals surface area contributed by atoms with Crippen LogP contribution in [0.15, 0.2) is 0 Å². The van der Waals surface area contributed by atoms with Crippen molar-refractivity contribution in [2.45, 2.75) is 29.7 Å². The van der Waals surface area contributed by atoms with Crippen molar-refractivity contribution >= 4 is 32.4 Å². The molecule has 1 radical (unpaired) electrons. The van der Waals surface area contributed by atoms with Gasteiger partial charge in [-0.15, -0.1) is 0 Å². The Kier molecular flexibility index (Phi) is 1970. The summed E-state index contributed by atoms with van der Waals surface area (Å²) in [6, 6.07) is 0. The van der Waals surface area contributed by atoms with Gasteiger partial charge in [0.05, 0.1) is 0 Å². The Morgan fingerprint density at radius 1 is 0.909 bits per heavy atom. The molecule has 2 unspecified atom stereocenters. The minimum Gasteiger partial charge on any atom is -0.333 e. The van der Waals surface area contributed by atoms with Gasteiger partial charge in [0.15, 0.2) is 0 Å². The van der Waals surface area contributed by atoms with Crippen LogP contribution in [0.1, 0.15) is 31.1 Å². The van der Waals surface area contributed by atoms with E-state index in [2.05, 4.69) is 18.4 Å². The van der Waals surface area contributed by atoms with Crippen molar-refractivity contribution in [1.29, 1.82) is 0 Å². The number of nitrogens with two attached hydrogens (primary N) is 1. The fraction of sp³-hybridized carbons (Fsp3) is 1.00. The first-order valence-electron chi connectivity index (χ1n) is 2.02. The summed E-state index contributed by atoms with van der Waals surface area (Å²) >= 11 is 3.53. The van der Waals surface area contributed by atoms with Crippen molar-refractivity contribution in [3.63, 3.8) is 0 Å². The van der Waals surface area contributed by atoms with E-state index in [0.717, 1.165) is 0 Å². The molecule has 2 N–H and O–H groups in total. The molecule has 0 aromatic rings. The summed E-state index contributed by atoms with van der Waals surface area (Å²) in [6.45, 7) is 0. The molecule has 0 aliphatic rings. The van der Waals surface area contributed by atoms with Gasteiger partial charge in [-0.3, -0.25) is 0 Å². The second-order valence-corrected chi connectivity index (χ2v) is 0. The molecule has 1 nitrogen and oxygen atoms in total. The van der Waals surface area contributed by atoms with Crippen molar-refractivity contribution in [2.24, 2.45) is 5.73 Å². The van der Waals surface area contributed by atoms with Crippen LogP contribution >= 0.6 is 32.4 Å². The second-order valence-electron chi connectivity index (χ2n) is 0. The SMILES string of the molecule is C.C.C.CN.CS.P.P.[3H]C.[Y]. The first kappa shape index (κ1) is 71.9. The van der Waals surface area contributed by atoms with E-state index in [4.69, 9.17) is 1.37 Å². The van der Waals surface area contributed by atoms with Crippen molar-refractivity contribution in [3.8, 4) is 0 Å². The van der Waals surface area contributed by atoms with E-state index in [1.165, 1.54) is 14.5 Å². The van der Waals surface area contributed by atoms with E-state index in [1.54, 1.807) is 6.26 Å². The molecule has 0 heterocycles. The predicted octanol–water partition coefficient (Wildman–Crippen LogP) is 2.78. The Balaban J connectivity index is -0.00000000129. The molecule has 0 saturated heterocycles. The molecule has 0 rings (SSSR count). The van der Waals surface area contributed by atoms with E-state index in [1.807, 2.05) is 0 Å². The second kappa shape index (κ2) is 302. The minimum atomic E-state index is 0. The number of hydrogen-bond donors (Lipinski definition) is 2. The fourth-order valence-electron chi connectivity index (χ4n) is 0. The molecule has 5 heteroatoms. The third kappa shape index (κ3) is 251. The van der Waals surface area contributed by atoms with Crippen LogP contribution in [0.4, 0.5) is 0 Å². The van der Waals surface area contributed by atoms with E-state index >= 15 is 0 Å². The predicted molar refractivity (Wildman–Crippen MR) is 74.2 cm³/mol. The average Bonchev–Trinajstić information content (AvgIpc) is 1.81. The molecule has 11 heavy (non-hydrogen) atoms. The maximum Gasteiger partial charge on any atom is 0.0194 e. The molecule has 2 atom stereocenters. The van der Waals surface area contributed by atoms with Crippen molar-refractivity contribution in [2.75, 3.05) is 13.3 Å². The molecule has 0 spiro atoms. The van der Waals surface area contributed by atoms with E-state index < -0.39 is 0 Å². The zero-order valence-electron chi connectivity index (χ0n) is 7.02. The zero-order chi connectivity index (χ0) is 6.00. The van der Waals surface area contributed by atoms with Gasteiger partial charge >= 0.3 is 0 Å². The molecular formula is C6H31NP2SY. The number of thiol groups is 1. The van der Waals surface area contributed by atoms with Crippen LogP contribution in [-0.4, -0.2) is 13.3 Å². The maximum atomic E-state index is 5.75. The molecule has 0 aromatic carbocycles. The minimum absolute atomic E-state index is 0. The topological polar surface area (TPSA) is 26.0 Å². The van der Waals surface area contributed by atoms with Gasteiger partial charge in [0.2, 0.25) is 0 Å². The smallest absolute Gasteiger partial charge is 0.0194 e. The largest absolute Gasteiger partial charge is 0.333 e. The molecule has 0 bridgehead atoms. The normalized spacial score (nSPS) is 1.73. The standard InChI is InChI=1S/CH5N.CH4S.4CH4.2H3P.Y/c2*1-2;;;;;;;/h2H2,1H3;2H,1H3;4*1H4;2*1H3;/i;;1T;;;;;;. The third-order valence-electron chi connectivity index (χ3n) is 0. The Bertz CT molecular complexity index is 25.5. The zero-order valence-corrected chi connectivity index (χ0v) is 12.6. The van der Waals surface area contributed by atoms with Gasteiger partial charge in [-0.2, -0.15) is 32.4 Å². The average molecular weight is 302 g/mol. The third-order valence-corrected chi connectivity index (χ3v) is 0. The van der Waals surface area contributed by atoms with Gasteiger partial charge in [0.1, 0.15) is 0 Å². The molecule has 0 saturated carbocycles.